The van der Waals surface area contributed by atoms with E-state index in [9.17, 15) is 9.59 Å². The number of aromatic nitrogens is 1. The third-order valence-corrected chi connectivity index (χ3v) is 4.46. The lowest BCUT2D eigenvalue weighted by Gasteiger charge is -2.31. The van der Waals surface area contributed by atoms with Crippen LogP contribution in [0.1, 0.15) is 40.1 Å². The maximum Gasteiger partial charge on any atom is 0.265 e. The molecule has 4 nitrogen and oxygen atoms in total. The summed E-state index contributed by atoms with van der Waals surface area (Å²) >= 11 is 1.44. The Morgan fingerprint density at radius 2 is 2.22 bits per heavy atom. The molecule has 1 aromatic rings. The molecule has 5 heteroatoms. The molecular weight excluding hydrogens is 248 g/mol. The maximum absolute atomic E-state index is 12.4. The van der Waals surface area contributed by atoms with E-state index in [-0.39, 0.29) is 11.8 Å². The summed E-state index contributed by atoms with van der Waals surface area (Å²) in [6, 6.07) is 0. The summed E-state index contributed by atoms with van der Waals surface area (Å²) in [7, 11) is 0. The summed E-state index contributed by atoms with van der Waals surface area (Å²) in [4.78, 5) is 30.8. The number of thiazole rings is 1. The third-order valence-electron chi connectivity index (χ3n) is 3.40. The van der Waals surface area contributed by atoms with E-state index in [0.29, 0.717) is 25.3 Å². The molecule has 0 radical (unpaired) electrons. The molecule has 2 heterocycles. The molecule has 1 amide bonds. The number of rotatable bonds is 2. The van der Waals surface area contributed by atoms with Crippen LogP contribution in [0, 0.1) is 19.8 Å². The lowest BCUT2D eigenvalue weighted by molar-refractivity contribution is -0.125. The number of piperidine rings is 1. The standard InChI is InChI=1S/C13H18N2O2S/c1-4-10-7-15(6-5-11(10)16)13(17)12-8(2)14-9(3)18-12/h10H,4-7H2,1-3H3. The van der Waals surface area contributed by atoms with Gasteiger partial charge in [-0.1, -0.05) is 6.92 Å². The minimum Gasteiger partial charge on any atom is -0.337 e. The third kappa shape index (κ3) is 2.46. The second kappa shape index (κ2) is 5.18. The van der Waals surface area contributed by atoms with Gasteiger partial charge in [0.15, 0.2) is 0 Å². The Bertz CT molecular complexity index is 481. The van der Waals surface area contributed by atoms with E-state index in [1.165, 1.54) is 11.3 Å². The molecule has 0 N–H and O–H groups in total. The number of carbonyl (C=O) groups is 2. The van der Waals surface area contributed by atoms with Crippen molar-refractivity contribution in [3.63, 3.8) is 0 Å². The summed E-state index contributed by atoms with van der Waals surface area (Å²) in [5.41, 5.74) is 0.799. The van der Waals surface area contributed by atoms with E-state index >= 15 is 0 Å². The topological polar surface area (TPSA) is 50.3 Å². The van der Waals surface area contributed by atoms with E-state index in [0.717, 1.165) is 22.0 Å². The van der Waals surface area contributed by atoms with Gasteiger partial charge in [-0.15, -0.1) is 11.3 Å². The Balaban J connectivity index is 2.15. The van der Waals surface area contributed by atoms with Gasteiger partial charge in [-0.2, -0.15) is 0 Å². The number of Topliss-reactive ketones (excluding diaryl/α,β-unsaturated/α-hetero) is 1. The minimum absolute atomic E-state index is 0.0111. The molecule has 18 heavy (non-hydrogen) atoms. The first-order chi connectivity index (χ1) is 8.52. The lowest BCUT2D eigenvalue weighted by atomic mass is 9.94. The molecule has 1 atom stereocenters. The monoisotopic (exact) mass is 266 g/mol. The molecular formula is C13H18N2O2S. The van der Waals surface area contributed by atoms with Crippen LogP contribution in [0.25, 0.3) is 0 Å². The highest BCUT2D eigenvalue weighted by molar-refractivity contribution is 7.13. The average molecular weight is 266 g/mol. The van der Waals surface area contributed by atoms with Crippen molar-refractivity contribution in [1.82, 2.24) is 9.88 Å². The molecule has 0 saturated carbocycles. The molecule has 0 aliphatic carbocycles. The highest BCUT2D eigenvalue weighted by atomic mass is 32.1. The van der Waals surface area contributed by atoms with Gasteiger partial charge < -0.3 is 4.90 Å². The first-order valence-corrected chi connectivity index (χ1v) is 7.10. The molecule has 0 aromatic carbocycles. The van der Waals surface area contributed by atoms with Gasteiger partial charge in [0.1, 0.15) is 10.7 Å². The van der Waals surface area contributed by atoms with Crippen LogP contribution in [0.4, 0.5) is 0 Å². The lowest BCUT2D eigenvalue weighted by Crippen LogP contribution is -2.43. The molecule has 1 aromatic heterocycles. The summed E-state index contributed by atoms with van der Waals surface area (Å²) < 4.78 is 0. The van der Waals surface area contributed by atoms with Crippen LogP contribution in [0.2, 0.25) is 0 Å². The molecule has 1 aliphatic heterocycles. The second-order valence-electron chi connectivity index (χ2n) is 4.72. The first-order valence-electron chi connectivity index (χ1n) is 6.29. The van der Waals surface area contributed by atoms with Crippen molar-refractivity contribution in [2.24, 2.45) is 5.92 Å². The zero-order valence-corrected chi connectivity index (χ0v) is 11.8. The highest BCUT2D eigenvalue weighted by Crippen LogP contribution is 2.23. The zero-order chi connectivity index (χ0) is 13.3. The Morgan fingerprint density at radius 1 is 1.50 bits per heavy atom. The molecule has 98 valence electrons. The van der Waals surface area contributed by atoms with Crippen LogP contribution < -0.4 is 0 Å². The Labute approximate surface area is 111 Å². The zero-order valence-electron chi connectivity index (χ0n) is 11.0. The van der Waals surface area contributed by atoms with Crippen LogP contribution in [0.5, 0.6) is 0 Å². The molecule has 1 fully saturated rings. The smallest absolute Gasteiger partial charge is 0.265 e. The summed E-state index contributed by atoms with van der Waals surface area (Å²) in [6.45, 7) is 6.87. The van der Waals surface area contributed by atoms with Crippen LogP contribution >= 0.6 is 11.3 Å². The number of amides is 1. The molecule has 1 aliphatic rings. The van der Waals surface area contributed by atoms with Gasteiger partial charge in [-0.25, -0.2) is 4.98 Å². The van der Waals surface area contributed by atoms with Crippen molar-refractivity contribution in [3.8, 4) is 0 Å². The van der Waals surface area contributed by atoms with Gasteiger partial charge in [0.25, 0.3) is 5.91 Å². The van der Waals surface area contributed by atoms with Crippen molar-refractivity contribution in [3.05, 3.63) is 15.6 Å². The Hall–Kier alpha value is -1.23. The summed E-state index contributed by atoms with van der Waals surface area (Å²) in [6.07, 6.45) is 1.30. The fourth-order valence-corrected chi connectivity index (χ4v) is 3.21. The molecule has 2 rings (SSSR count). The van der Waals surface area contributed by atoms with E-state index in [1.807, 2.05) is 20.8 Å². The largest absolute Gasteiger partial charge is 0.337 e. The van der Waals surface area contributed by atoms with Crippen LogP contribution in [0.15, 0.2) is 0 Å². The predicted octanol–water partition coefficient (Wildman–Crippen LogP) is 2.20. The van der Waals surface area contributed by atoms with Gasteiger partial charge in [-0.3, -0.25) is 9.59 Å². The normalized spacial score (nSPS) is 20.3. The van der Waals surface area contributed by atoms with Gasteiger partial charge in [-0.05, 0) is 20.3 Å². The van der Waals surface area contributed by atoms with E-state index in [2.05, 4.69) is 4.98 Å². The SMILES string of the molecule is CCC1CN(C(=O)c2sc(C)nc2C)CCC1=O. The minimum atomic E-state index is 0.0111. The van der Waals surface area contributed by atoms with Gasteiger partial charge in [0.2, 0.25) is 0 Å². The summed E-state index contributed by atoms with van der Waals surface area (Å²) in [5.74, 6) is 0.333. The molecule has 0 spiro atoms. The number of aryl methyl sites for hydroxylation is 2. The number of hydrogen-bond donors (Lipinski definition) is 0. The average Bonchev–Trinajstić information content (AvgIpc) is 2.68. The first kappa shape index (κ1) is 13.2. The van der Waals surface area contributed by atoms with Crippen LogP contribution in [-0.2, 0) is 4.79 Å². The second-order valence-corrected chi connectivity index (χ2v) is 5.92. The fraction of sp³-hybridized carbons (Fsp3) is 0.615. The predicted molar refractivity (Wildman–Crippen MR) is 70.9 cm³/mol. The number of hydrogen-bond acceptors (Lipinski definition) is 4. The van der Waals surface area contributed by atoms with Crippen molar-refractivity contribution in [1.29, 1.82) is 0 Å². The van der Waals surface area contributed by atoms with Crippen LogP contribution in [-0.4, -0.2) is 34.7 Å². The highest BCUT2D eigenvalue weighted by Gasteiger charge is 2.30. The van der Waals surface area contributed by atoms with Crippen molar-refractivity contribution in [2.75, 3.05) is 13.1 Å². The van der Waals surface area contributed by atoms with Crippen molar-refractivity contribution >= 4 is 23.0 Å². The molecule has 1 unspecified atom stereocenters. The number of likely N-dealkylation sites (tertiary alicyclic amines) is 1. The number of ketones is 1. The van der Waals surface area contributed by atoms with Gasteiger partial charge >= 0.3 is 0 Å². The Morgan fingerprint density at radius 3 is 2.78 bits per heavy atom. The van der Waals surface area contributed by atoms with Crippen molar-refractivity contribution in [2.45, 2.75) is 33.6 Å². The number of carbonyl (C=O) groups excluding carboxylic acids is 2. The fourth-order valence-electron chi connectivity index (χ4n) is 2.32. The summed E-state index contributed by atoms with van der Waals surface area (Å²) in [5, 5.41) is 0.913. The van der Waals surface area contributed by atoms with E-state index in [1.54, 1.807) is 4.90 Å². The van der Waals surface area contributed by atoms with Crippen molar-refractivity contribution < 1.29 is 9.59 Å². The van der Waals surface area contributed by atoms with E-state index < -0.39 is 0 Å². The van der Waals surface area contributed by atoms with Gasteiger partial charge in [0, 0.05) is 25.4 Å². The quantitative estimate of drug-likeness (QED) is 0.824. The molecule has 1 saturated heterocycles. The Kier molecular flexibility index (Phi) is 3.80. The van der Waals surface area contributed by atoms with Crippen LogP contribution in [0.3, 0.4) is 0 Å². The van der Waals surface area contributed by atoms with Gasteiger partial charge in [0.05, 0.1) is 10.7 Å². The maximum atomic E-state index is 12.4. The number of nitrogens with zero attached hydrogens (tertiary/aromatic N) is 2. The van der Waals surface area contributed by atoms with E-state index in [4.69, 9.17) is 0 Å². The molecule has 0 bridgehead atoms.